The largest absolute Gasteiger partial charge is 0.288 e. The highest BCUT2D eigenvalue weighted by Crippen LogP contribution is 2.24. The summed E-state index contributed by atoms with van der Waals surface area (Å²) in [6.07, 6.45) is 4.18. The summed E-state index contributed by atoms with van der Waals surface area (Å²) in [6.45, 7) is 2.01. The first kappa shape index (κ1) is 11.3. The molecule has 0 unspecified atom stereocenters. The predicted molar refractivity (Wildman–Crippen MR) is 66.4 cm³/mol. The first-order valence-corrected chi connectivity index (χ1v) is 6.14. The van der Waals surface area contributed by atoms with Crippen LogP contribution >= 0.6 is 22.9 Å². The minimum Gasteiger partial charge on any atom is -0.288 e. The molecule has 0 aliphatic carbocycles. The summed E-state index contributed by atoms with van der Waals surface area (Å²) in [6, 6.07) is 5.26. The average Bonchev–Trinajstić information content (AvgIpc) is 2.75. The van der Waals surface area contributed by atoms with Crippen LogP contribution in [0, 0.1) is 0 Å². The Morgan fingerprint density at radius 3 is 2.88 bits per heavy atom. The minimum absolute atomic E-state index is 0.0242. The number of hydrogen-bond acceptors (Lipinski definition) is 3. The van der Waals surface area contributed by atoms with Gasteiger partial charge in [0, 0.05) is 18.0 Å². The third-order valence-electron chi connectivity index (χ3n) is 2.33. The van der Waals surface area contributed by atoms with E-state index in [2.05, 4.69) is 4.98 Å². The lowest BCUT2D eigenvalue weighted by molar-refractivity contribution is 0.104. The van der Waals surface area contributed by atoms with Gasteiger partial charge in [-0.15, -0.1) is 11.3 Å². The number of ketones is 1. The number of halogens is 1. The van der Waals surface area contributed by atoms with Crippen LogP contribution in [0.5, 0.6) is 0 Å². The molecular weight excluding hydrogens is 242 g/mol. The third kappa shape index (κ3) is 2.15. The monoisotopic (exact) mass is 251 g/mol. The van der Waals surface area contributed by atoms with Crippen LogP contribution in [0.25, 0.3) is 0 Å². The second kappa shape index (κ2) is 4.76. The van der Waals surface area contributed by atoms with E-state index >= 15 is 0 Å². The van der Waals surface area contributed by atoms with E-state index in [0.29, 0.717) is 9.21 Å². The summed E-state index contributed by atoms with van der Waals surface area (Å²) in [5.41, 5.74) is 1.69. The van der Waals surface area contributed by atoms with Gasteiger partial charge in [0.2, 0.25) is 5.78 Å². The predicted octanol–water partition coefficient (Wildman–Crippen LogP) is 3.59. The number of pyridine rings is 1. The van der Waals surface area contributed by atoms with Crippen LogP contribution in [0.1, 0.15) is 27.7 Å². The maximum atomic E-state index is 12.2. The molecule has 2 nitrogen and oxygen atoms in total. The van der Waals surface area contributed by atoms with E-state index in [9.17, 15) is 4.79 Å². The number of aromatic nitrogens is 1. The van der Waals surface area contributed by atoms with Crippen molar-refractivity contribution in [2.24, 2.45) is 0 Å². The maximum absolute atomic E-state index is 12.2. The Balaban J connectivity index is 2.41. The highest BCUT2D eigenvalue weighted by molar-refractivity contribution is 7.18. The van der Waals surface area contributed by atoms with Gasteiger partial charge in [0.25, 0.3) is 0 Å². The van der Waals surface area contributed by atoms with E-state index in [0.717, 1.165) is 17.5 Å². The van der Waals surface area contributed by atoms with Crippen LogP contribution in [0.3, 0.4) is 0 Å². The van der Waals surface area contributed by atoms with E-state index in [1.165, 1.54) is 11.3 Å². The second-order valence-electron chi connectivity index (χ2n) is 3.32. The summed E-state index contributed by atoms with van der Waals surface area (Å²) >= 11 is 7.12. The van der Waals surface area contributed by atoms with E-state index in [-0.39, 0.29) is 5.78 Å². The molecule has 0 bridgehead atoms. The topological polar surface area (TPSA) is 30.0 Å². The van der Waals surface area contributed by atoms with Crippen LogP contribution in [0.2, 0.25) is 4.34 Å². The van der Waals surface area contributed by atoms with E-state index in [1.54, 1.807) is 30.6 Å². The molecule has 0 fully saturated rings. The number of nitrogens with zero attached hydrogens (tertiary/aromatic N) is 1. The number of thiophene rings is 1. The molecule has 2 rings (SSSR count). The summed E-state index contributed by atoms with van der Waals surface area (Å²) in [7, 11) is 0. The lowest BCUT2D eigenvalue weighted by Gasteiger charge is -2.03. The molecule has 82 valence electrons. The van der Waals surface area contributed by atoms with Gasteiger partial charge in [-0.1, -0.05) is 18.5 Å². The second-order valence-corrected chi connectivity index (χ2v) is 5.03. The summed E-state index contributed by atoms with van der Waals surface area (Å²) in [4.78, 5) is 16.9. The van der Waals surface area contributed by atoms with Crippen LogP contribution < -0.4 is 0 Å². The van der Waals surface area contributed by atoms with Crippen molar-refractivity contribution >= 4 is 28.7 Å². The van der Waals surface area contributed by atoms with Crippen molar-refractivity contribution < 1.29 is 4.79 Å². The normalized spacial score (nSPS) is 10.4. The Bertz CT molecular complexity index is 521. The molecule has 0 spiro atoms. The Morgan fingerprint density at radius 1 is 1.44 bits per heavy atom. The van der Waals surface area contributed by atoms with Crippen molar-refractivity contribution in [1.82, 2.24) is 4.98 Å². The highest BCUT2D eigenvalue weighted by Gasteiger charge is 2.14. The molecule has 0 saturated carbocycles. The lowest BCUT2D eigenvalue weighted by Crippen LogP contribution is -2.03. The van der Waals surface area contributed by atoms with Gasteiger partial charge in [-0.3, -0.25) is 9.78 Å². The molecule has 0 amide bonds. The molecule has 0 saturated heterocycles. The fourth-order valence-corrected chi connectivity index (χ4v) is 2.50. The number of hydrogen-bond donors (Lipinski definition) is 0. The Hall–Kier alpha value is -1.19. The van der Waals surface area contributed by atoms with Crippen molar-refractivity contribution in [2.75, 3.05) is 0 Å². The van der Waals surface area contributed by atoms with Crippen molar-refractivity contribution in [3.8, 4) is 0 Å². The van der Waals surface area contributed by atoms with Gasteiger partial charge in [0.1, 0.15) is 0 Å². The van der Waals surface area contributed by atoms with Gasteiger partial charge in [-0.25, -0.2) is 0 Å². The van der Waals surface area contributed by atoms with Crippen LogP contribution in [-0.2, 0) is 6.42 Å². The summed E-state index contributed by atoms with van der Waals surface area (Å²) < 4.78 is 0.635. The number of carbonyl (C=O) groups is 1. The molecule has 4 heteroatoms. The Kier molecular flexibility index (Phi) is 3.36. The third-order valence-corrected chi connectivity index (χ3v) is 3.56. The van der Waals surface area contributed by atoms with E-state index in [4.69, 9.17) is 11.6 Å². The molecule has 0 radical (unpaired) electrons. The maximum Gasteiger partial charge on any atom is 0.203 e. The zero-order valence-corrected chi connectivity index (χ0v) is 10.3. The molecule has 2 aromatic rings. The van der Waals surface area contributed by atoms with Crippen molar-refractivity contribution in [3.05, 3.63) is 50.9 Å². The number of rotatable bonds is 3. The van der Waals surface area contributed by atoms with Gasteiger partial charge in [-0.2, -0.15) is 0 Å². The fourth-order valence-electron chi connectivity index (χ4n) is 1.50. The molecular formula is C12H10ClNOS. The highest BCUT2D eigenvalue weighted by atomic mass is 35.5. The van der Waals surface area contributed by atoms with Gasteiger partial charge in [-0.05, 0) is 30.2 Å². The zero-order valence-electron chi connectivity index (χ0n) is 8.74. The van der Waals surface area contributed by atoms with Crippen molar-refractivity contribution in [3.63, 3.8) is 0 Å². The lowest BCUT2D eigenvalue weighted by atomic mass is 10.0. The zero-order chi connectivity index (χ0) is 11.5. The Labute approximate surface area is 103 Å². The Morgan fingerprint density at radius 2 is 2.25 bits per heavy atom. The van der Waals surface area contributed by atoms with E-state index in [1.807, 2.05) is 6.92 Å². The van der Waals surface area contributed by atoms with Gasteiger partial charge >= 0.3 is 0 Å². The molecule has 0 aliphatic rings. The van der Waals surface area contributed by atoms with Crippen molar-refractivity contribution in [1.29, 1.82) is 0 Å². The quantitative estimate of drug-likeness (QED) is 0.781. The van der Waals surface area contributed by atoms with Gasteiger partial charge < -0.3 is 0 Å². The molecule has 0 N–H and O–H groups in total. The SMILES string of the molecule is CCc1cnccc1C(=O)c1ccc(Cl)s1. The number of aryl methyl sites for hydroxylation is 1. The standard InChI is InChI=1S/C12H10ClNOS/c1-2-8-7-14-6-5-9(8)12(15)10-3-4-11(13)16-10/h3-7H,2H2,1H3. The molecule has 0 aliphatic heterocycles. The van der Waals surface area contributed by atoms with Gasteiger partial charge in [0.15, 0.2) is 0 Å². The fraction of sp³-hybridized carbons (Fsp3) is 0.167. The van der Waals surface area contributed by atoms with E-state index < -0.39 is 0 Å². The molecule has 0 aromatic carbocycles. The molecule has 2 aromatic heterocycles. The van der Waals surface area contributed by atoms with Crippen molar-refractivity contribution in [2.45, 2.75) is 13.3 Å². The first-order chi connectivity index (χ1) is 7.72. The van der Waals surface area contributed by atoms with Crippen LogP contribution in [0.4, 0.5) is 0 Å². The summed E-state index contributed by atoms with van der Waals surface area (Å²) in [5.74, 6) is 0.0242. The number of carbonyl (C=O) groups excluding carboxylic acids is 1. The van der Waals surface area contributed by atoms with Crippen LogP contribution in [0.15, 0.2) is 30.6 Å². The average molecular weight is 252 g/mol. The minimum atomic E-state index is 0.0242. The first-order valence-electron chi connectivity index (χ1n) is 4.95. The smallest absolute Gasteiger partial charge is 0.203 e. The molecule has 16 heavy (non-hydrogen) atoms. The molecule has 0 atom stereocenters. The molecule has 2 heterocycles. The van der Waals surface area contributed by atoms with Crippen LogP contribution in [-0.4, -0.2) is 10.8 Å². The summed E-state index contributed by atoms with van der Waals surface area (Å²) in [5, 5.41) is 0. The van der Waals surface area contributed by atoms with Gasteiger partial charge in [0.05, 0.1) is 9.21 Å².